The van der Waals surface area contributed by atoms with Crippen molar-refractivity contribution in [1.29, 1.82) is 0 Å². The third kappa shape index (κ3) is 4.61. The molecule has 0 bridgehead atoms. The van der Waals surface area contributed by atoms with Crippen molar-refractivity contribution in [3.63, 3.8) is 0 Å². The van der Waals surface area contributed by atoms with Gasteiger partial charge in [-0.05, 0) is 37.0 Å². The molecule has 0 aliphatic carbocycles. The third-order valence-corrected chi connectivity index (χ3v) is 3.32. The highest BCUT2D eigenvalue weighted by molar-refractivity contribution is 5.78. The Bertz CT molecular complexity index is 417. The minimum absolute atomic E-state index is 0.0543. The molecule has 2 rings (SSSR count). The van der Waals surface area contributed by atoms with E-state index in [1.54, 1.807) is 6.20 Å². The van der Waals surface area contributed by atoms with Crippen LogP contribution in [0.5, 0.6) is 0 Å². The van der Waals surface area contributed by atoms with Gasteiger partial charge in [-0.15, -0.1) is 0 Å². The van der Waals surface area contributed by atoms with Crippen LogP contribution >= 0.6 is 0 Å². The number of pyridine rings is 1. The molecule has 2 heterocycles. The first-order valence-corrected chi connectivity index (χ1v) is 6.73. The summed E-state index contributed by atoms with van der Waals surface area (Å²) >= 11 is 0. The fraction of sp³-hybridized carbons (Fsp3) is 0.571. The maximum absolute atomic E-state index is 11.8. The SMILES string of the molecule is Cc1cnccc1CNCC(=O)NC1CCOCC1. The van der Waals surface area contributed by atoms with Crippen LogP contribution < -0.4 is 10.6 Å². The lowest BCUT2D eigenvalue weighted by molar-refractivity contribution is -0.121. The minimum atomic E-state index is 0.0543. The standard InChI is InChI=1S/C14H21N3O2/c1-11-8-15-5-2-12(11)9-16-10-14(18)17-13-3-6-19-7-4-13/h2,5,8,13,16H,3-4,6-7,9-10H2,1H3,(H,17,18). The average molecular weight is 263 g/mol. The zero-order chi connectivity index (χ0) is 13.5. The Balaban J connectivity index is 1.67. The van der Waals surface area contributed by atoms with E-state index in [9.17, 15) is 4.79 Å². The summed E-state index contributed by atoms with van der Waals surface area (Å²) in [6, 6.07) is 2.24. The van der Waals surface area contributed by atoms with Crippen LogP contribution in [-0.4, -0.2) is 36.7 Å². The van der Waals surface area contributed by atoms with Gasteiger partial charge in [-0.1, -0.05) is 0 Å². The maximum atomic E-state index is 11.8. The summed E-state index contributed by atoms with van der Waals surface area (Å²) in [6.45, 7) is 4.55. The average Bonchev–Trinajstić information content (AvgIpc) is 2.42. The topological polar surface area (TPSA) is 63.2 Å². The molecule has 1 fully saturated rings. The maximum Gasteiger partial charge on any atom is 0.234 e. The summed E-state index contributed by atoms with van der Waals surface area (Å²) in [4.78, 5) is 15.8. The summed E-state index contributed by atoms with van der Waals surface area (Å²) in [5.74, 6) is 0.0543. The highest BCUT2D eigenvalue weighted by Gasteiger charge is 2.15. The van der Waals surface area contributed by atoms with Crippen LogP contribution in [-0.2, 0) is 16.1 Å². The monoisotopic (exact) mass is 263 g/mol. The van der Waals surface area contributed by atoms with Crippen LogP contribution in [0.3, 0.4) is 0 Å². The van der Waals surface area contributed by atoms with Gasteiger partial charge in [-0.2, -0.15) is 0 Å². The lowest BCUT2D eigenvalue weighted by Crippen LogP contribution is -2.42. The molecule has 5 nitrogen and oxygen atoms in total. The van der Waals surface area contributed by atoms with Crippen molar-refractivity contribution >= 4 is 5.91 Å². The first-order chi connectivity index (χ1) is 9.25. The first-order valence-electron chi connectivity index (χ1n) is 6.73. The largest absolute Gasteiger partial charge is 0.381 e. The van der Waals surface area contributed by atoms with Crippen molar-refractivity contribution in [3.05, 3.63) is 29.6 Å². The zero-order valence-corrected chi connectivity index (χ0v) is 11.3. The Morgan fingerprint density at radius 2 is 2.26 bits per heavy atom. The number of carbonyl (C=O) groups excluding carboxylic acids is 1. The molecule has 1 amide bonds. The van der Waals surface area contributed by atoms with Crippen molar-refractivity contribution in [2.24, 2.45) is 0 Å². The Hall–Kier alpha value is -1.46. The summed E-state index contributed by atoms with van der Waals surface area (Å²) < 4.78 is 5.26. The highest BCUT2D eigenvalue weighted by atomic mass is 16.5. The van der Waals surface area contributed by atoms with Crippen molar-refractivity contribution in [2.45, 2.75) is 32.4 Å². The van der Waals surface area contributed by atoms with Crippen molar-refractivity contribution < 1.29 is 9.53 Å². The van der Waals surface area contributed by atoms with Gasteiger partial charge in [0.2, 0.25) is 5.91 Å². The predicted molar refractivity (Wildman–Crippen MR) is 72.7 cm³/mol. The van der Waals surface area contributed by atoms with Crippen LogP contribution in [0.4, 0.5) is 0 Å². The Morgan fingerprint density at radius 1 is 1.47 bits per heavy atom. The number of nitrogens with zero attached hydrogens (tertiary/aromatic N) is 1. The zero-order valence-electron chi connectivity index (χ0n) is 11.3. The van der Waals surface area contributed by atoms with Crippen LogP contribution in [0, 0.1) is 6.92 Å². The van der Waals surface area contributed by atoms with Gasteiger partial charge in [0.05, 0.1) is 6.54 Å². The quantitative estimate of drug-likeness (QED) is 0.824. The number of carbonyl (C=O) groups is 1. The summed E-state index contributed by atoms with van der Waals surface area (Å²) in [5.41, 5.74) is 2.31. The molecule has 1 saturated heterocycles. The number of ether oxygens (including phenoxy) is 1. The van der Waals surface area contributed by atoms with Gasteiger partial charge < -0.3 is 15.4 Å². The molecule has 0 unspecified atom stereocenters. The number of nitrogens with one attached hydrogen (secondary N) is 2. The summed E-state index contributed by atoms with van der Waals surface area (Å²) in [5, 5.41) is 6.19. The van der Waals surface area contributed by atoms with E-state index in [4.69, 9.17) is 4.74 Å². The second-order valence-corrected chi connectivity index (χ2v) is 4.86. The molecule has 5 heteroatoms. The first kappa shape index (κ1) is 14.0. The number of rotatable bonds is 5. The van der Waals surface area contributed by atoms with Gasteiger partial charge in [0.25, 0.3) is 0 Å². The van der Waals surface area contributed by atoms with Crippen molar-refractivity contribution in [1.82, 2.24) is 15.6 Å². The van der Waals surface area contributed by atoms with E-state index in [-0.39, 0.29) is 11.9 Å². The molecular weight excluding hydrogens is 242 g/mol. The molecule has 1 aliphatic heterocycles. The second-order valence-electron chi connectivity index (χ2n) is 4.86. The van der Waals surface area contributed by atoms with E-state index in [0.29, 0.717) is 13.1 Å². The molecule has 0 radical (unpaired) electrons. The van der Waals surface area contributed by atoms with Crippen LogP contribution in [0.15, 0.2) is 18.5 Å². The van der Waals surface area contributed by atoms with Gasteiger partial charge in [-0.25, -0.2) is 0 Å². The Labute approximate surface area is 113 Å². The smallest absolute Gasteiger partial charge is 0.234 e. The van der Waals surface area contributed by atoms with E-state index >= 15 is 0 Å². The van der Waals surface area contributed by atoms with Gasteiger partial charge in [0.1, 0.15) is 0 Å². The van der Waals surface area contributed by atoms with Crippen molar-refractivity contribution in [2.75, 3.05) is 19.8 Å². The molecule has 0 spiro atoms. The Kier molecular flexibility index (Phi) is 5.30. The van der Waals surface area contributed by atoms with Gasteiger partial charge in [0, 0.05) is 38.2 Å². The minimum Gasteiger partial charge on any atom is -0.381 e. The van der Waals surface area contributed by atoms with E-state index in [1.165, 1.54) is 5.56 Å². The van der Waals surface area contributed by atoms with Gasteiger partial charge in [-0.3, -0.25) is 9.78 Å². The molecule has 0 aromatic carbocycles. The molecule has 104 valence electrons. The third-order valence-electron chi connectivity index (χ3n) is 3.32. The normalized spacial score (nSPS) is 16.3. The number of hydrogen-bond donors (Lipinski definition) is 2. The summed E-state index contributed by atoms with van der Waals surface area (Å²) in [7, 11) is 0. The predicted octanol–water partition coefficient (Wildman–Crippen LogP) is 0.775. The number of amides is 1. The van der Waals surface area contributed by atoms with Crippen molar-refractivity contribution in [3.8, 4) is 0 Å². The lowest BCUT2D eigenvalue weighted by atomic mass is 10.1. The van der Waals surface area contributed by atoms with Gasteiger partial charge >= 0.3 is 0 Å². The lowest BCUT2D eigenvalue weighted by Gasteiger charge is -2.23. The molecule has 0 saturated carbocycles. The van der Waals surface area contributed by atoms with Crippen LogP contribution in [0.1, 0.15) is 24.0 Å². The molecule has 1 aromatic rings. The molecule has 1 aliphatic rings. The van der Waals surface area contributed by atoms with E-state index in [0.717, 1.165) is 31.6 Å². The molecule has 2 N–H and O–H groups in total. The molecule has 0 atom stereocenters. The number of aromatic nitrogens is 1. The summed E-state index contributed by atoms with van der Waals surface area (Å²) in [6.07, 6.45) is 5.43. The Morgan fingerprint density at radius 3 is 3.00 bits per heavy atom. The fourth-order valence-electron chi connectivity index (χ4n) is 2.13. The molecule has 1 aromatic heterocycles. The van der Waals surface area contributed by atoms with Gasteiger partial charge in [0.15, 0.2) is 0 Å². The van der Waals surface area contributed by atoms with E-state index < -0.39 is 0 Å². The van der Waals surface area contributed by atoms with E-state index in [2.05, 4.69) is 15.6 Å². The highest BCUT2D eigenvalue weighted by Crippen LogP contribution is 2.06. The molecular formula is C14H21N3O2. The number of aryl methyl sites for hydroxylation is 1. The van der Waals surface area contributed by atoms with E-state index in [1.807, 2.05) is 19.2 Å². The fourth-order valence-corrected chi connectivity index (χ4v) is 2.13. The number of hydrogen-bond acceptors (Lipinski definition) is 4. The van der Waals surface area contributed by atoms with Crippen LogP contribution in [0.2, 0.25) is 0 Å². The molecule has 19 heavy (non-hydrogen) atoms. The van der Waals surface area contributed by atoms with Crippen LogP contribution in [0.25, 0.3) is 0 Å². The second kappa shape index (κ2) is 7.21.